The van der Waals surface area contributed by atoms with Crippen LogP contribution in [0.3, 0.4) is 0 Å². The van der Waals surface area contributed by atoms with Gasteiger partial charge in [-0.1, -0.05) is 24.3 Å². The molecule has 1 aliphatic heterocycles. The second-order valence-electron chi connectivity index (χ2n) is 7.10. The largest absolute Gasteiger partial charge is 0.459 e. The highest BCUT2D eigenvalue weighted by Crippen LogP contribution is 2.30. The van der Waals surface area contributed by atoms with Gasteiger partial charge in [0, 0.05) is 26.2 Å². The second-order valence-corrected chi connectivity index (χ2v) is 7.10. The minimum atomic E-state index is -0.222. The van der Waals surface area contributed by atoms with Crippen LogP contribution in [0.4, 0.5) is 10.5 Å². The number of urea groups is 1. The first-order valence-corrected chi connectivity index (χ1v) is 9.82. The number of carbonyl (C=O) groups is 2. The van der Waals surface area contributed by atoms with Crippen LogP contribution in [0.15, 0.2) is 71.3 Å². The number of anilines is 1. The molecule has 1 fully saturated rings. The highest BCUT2D eigenvalue weighted by Gasteiger charge is 2.26. The third-order valence-electron chi connectivity index (χ3n) is 4.93. The maximum absolute atomic E-state index is 12.8. The van der Waals surface area contributed by atoms with Gasteiger partial charge in [0.25, 0.3) is 5.91 Å². The number of carbonyl (C=O) groups excluding carboxylic acids is 2. The van der Waals surface area contributed by atoms with Crippen molar-refractivity contribution in [3.63, 3.8) is 0 Å². The zero-order chi connectivity index (χ0) is 20.9. The number of aryl methyl sites for hydroxylation is 1. The Kier molecular flexibility index (Phi) is 5.70. The molecule has 1 saturated heterocycles. The van der Waals surface area contributed by atoms with Gasteiger partial charge in [0.15, 0.2) is 11.5 Å². The van der Waals surface area contributed by atoms with Crippen LogP contribution < -0.4 is 10.1 Å². The molecular weight excluding hydrogens is 382 g/mol. The van der Waals surface area contributed by atoms with Gasteiger partial charge in [-0.15, -0.1) is 0 Å². The lowest BCUT2D eigenvalue weighted by molar-refractivity contribution is 0.0640. The Balaban J connectivity index is 1.37. The summed E-state index contributed by atoms with van der Waals surface area (Å²) in [6, 6.07) is 18.2. The number of rotatable bonds is 4. The number of furan rings is 1. The average molecular weight is 405 g/mol. The molecule has 154 valence electrons. The van der Waals surface area contributed by atoms with E-state index in [2.05, 4.69) is 5.32 Å². The van der Waals surface area contributed by atoms with Crippen LogP contribution in [0.5, 0.6) is 11.5 Å². The number of piperazine rings is 1. The van der Waals surface area contributed by atoms with E-state index in [0.29, 0.717) is 49.1 Å². The van der Waals surface area contributed by atoms with Gasteiger partial charge in [0.05, 0.1) is 12.0 Å². The van der Waals surface area contributed by atoms with Crippen LogP contribution in [0, 0.1) is 6.92 Å². The molecule has 1 aliphatic rings. The topological polar surface area (TPSA) is 75.0 Å². The molecule has 1 N–H and O–H groups in total. The molecule has 2 heterocycles. The molecule has 30 heavy (non-hydrogen) atoms. The molecule has 0 atom stereocenters. The Morgan fingerprint density at radius 3 is 2.43 bits per heavy atom. The van der Waals surface area contributed by atoms with E-state index in [9.17, 15) is 9.59 Å². The molecule has 0 bridgehead atoms. The molecule has 3 aromatic rings. The van der Waals surface area contributed by atoms with E-state index in [-0.39, 0.29) is 11.9 Å². The van der Waals surface area contributed by atoms with Crippen molar-refractivity contribution in [2.45, 2.75) is 6.92 Å². The molecule has 1 aromatic heterocycles. The number of nitrogens with zero attached hydrogens (tertiary/aromatic N) is 2. The maximum atomic E-state index is 12.8. The van der Waals surface area contributed by atoms with E-state index in [1.165, 1.54) is 6.26 Å². The lowest BCUT2D eigenvalue weighted by atomic mass is 10.2. The van der Waals surface area contributed by atoms with Crippen molar-refractivity contribution in [2.24, 2.45) is 0 Å². The third kappa shape index (κ3) is 4.46. The van der Waals surface area contributed by atoms with Crippen molar-refractivity contribution in [1.82, 2.24) is 9.80 Å². The molecule has 7 nitrogen and oxygen atoms in total. The predicted octanol–water partition coefficient (Wildman–Crippen LogP) is 4.37. The lowest BCUT2D eigenvalue weighted by Crippen LogP contribution is -2.51. The minimum Gasteiger partial charge on any atom is -0.459 e. The standard InChI is InChI=1S/C23H23N3O4/c1-17-6-4-7-18(16-17)30-20-9-3-2-8-19(20)24-23(28)26-13-11-25(12-14-26)22(27)21-10-5-15-29-21/h2-10,15-16H,11-14H2,1H3,(H,24,28). The monoisotopic (exact) mass is 405 g/mol. The van der Waals surface area contributed by atoms with Gasteiger partial charge in [-0.2, -0.15) is 0 Å². The quantitative estimate of drug-likeness (QED) is 0.699. The molecule has 3 amide bonds. The van der Waals surface area contributed by atoms with Crippen LogP contribution in [0.25, 0.3) is 0 Å². The van der Waals surface area contributed by atoms with Crippen molar-refractivity contribution in [3.05, 3.63) is 78.3 Å². The second kappa shape index (κ2) is 8.73. The van der Waals surface area contributed by atoms with Crippen LogP contribution in [0.1, 0.15) is 16.1 Å². The number of nitrogens with one attached hydrogen (secondary N) is 1. The summed E-state index contributed by atoms with van der Waals surface area (Å²) in [4.78, 5) is 28.5. The summed E-state index contributed by atoms with van der Waals surface area (Å²) in [5.74, 6) is 1.44. The zero-order valence-electron chi connectivity index (χ0n) is 16.7. The predicted molar refractivity (Wildman–Crippen MR) is 113 cm³/mol. The Bertz CT molecular complexity index is 1020. The normalized spacial score (nSPS) is 13.8. The molecule has 0 saturated carbocycles. The van der Waals surface area contributed by atoms with E-state index in [1.54, 1.807) is 28.0 Å². The number of ether oxygens (including phenoxy) is 1. The van der Waals surface area contributed by atoms with Crippen molar-refractivity contribution in [2.75, 3.05) is 31.5 Å². The fourth-order valence-corrected chi connectivity index (χ4v) is 3.33. The van der Waals surface area contributed by atoms with Gasteiger partial charge in [0.1, 0.15) is 5.75 Å². The van der Waals surface area contributed by atoms with Crippen molar-refractivity contribution < 1.29 is 18.7 Å². The van der Waals surface area contributed by atoms with E-state index < -0.39 is 0 Å². The number of para-hydroxylation sites is 2. The summed E-state index contributed by atoms with van der Waals surface area (Å²) >= 11 is 0. The fourth-order valence-electron chi connectivity index (χ4n) is 3.33. The average Bonchev–Trinajstić information content (AvgIpc) is 3.30. The molecule has 0 aliphatic carbocycles. The maximum Gasteiger partial charge on any atom is 0.322 e. The van der Waals surface area contributed by atoms with E-state index in [1.807, 2.05) is 49.4 Å². The molecular formula is C23H23N3O4. The zero-order valence-corrected chi connectivity index (χ0v) is 16.7. The summed E-state index contributed by atoms with van der Waals surface area (Å²) in [7, 11) is 0. The van der Waals surface area contributed by atoms with Gasteiger partial charge in [-0.3, -0.25) is 4.79 Å². The smallest absolute Gasteiger partial charge is 0.322 e. The van der Waals surface area contributed by atoms with Crippen molar-refractivity contribution in [3.8, 4) is 11.5 Å². The summed E-state index contributed by atoms with van der Waals surface area (Å²) in [6.07, 6.45) is 1.48. The third-order valence-corrected chi connectivity index (χ3v) is 4.93. The first-order chi connectivity index (χ1) is 14.6. The Morgan fingerprint density at radius 2 is 1.70 bits per heavy atom. The van der Waals surface area contributed by atoms with Crippen LogP contribution in [-0.2, 0) is 0 Å². The van der Waals surface area contributed by atoms with Crippen LogP contribution in [-0.4, -0.2) is 47.9 Å². The summed E-state index contributed by atoms with van der Waals surface area (Å²) in [6.45, 7) is 3.79. The highest BCUT2D eigenvalue weighted by atomic mass is 16.5. The van der Waals surface area contributed by atoms with Gasteiger partial charge < -0.3 is 24.3 Å². The van der Waals surface area contributed by atoms with Gasteiger partial charge >= 0.3 is 6.03 Å². The fraction of sp³-hybridized carbons (Fsp3) is 0.217. The van der Waals surface area contributed by atoms with Crippen molar-refractivity contribution in [1.29, 1.82) is 0 Å². The van der Waals surface area contributed by atoms with Gasteiger partial charge in [-0.05, 0) is 48.9 Å². The highest BCUT2D eigenvalue weighted by molar-refractivity contribution is 5.93. The summed E-state index contributed by atoms with van der Waals surface area (Å²) < 4.78 is 11.1. The van der Waals surface area contributed by atoms with Crippen LogP contribution >= 0.6 is 0 Å². The van der Waals surface area contributed by atoms with E-state index in [0.717, 1.165) is 5.56 Å². The van der Waals surface area contributed by atoms with E-state index in [4.69, 9.17) is 9.15 Å². The number of amides is 3. The number of benzene rings is 2. The SMILES string of the molecule is Cc1cccc(Oc2ccccc2NC(=O)N2CCN(C(=O)c3ccco3)CC2)c1. The summed E-state index contributed by atoms with van der Waals surface area (Å²) in [5.41, 5.74) is 1.69. The van der Waals surface area contributed by atoms with Crippen molar-refractivity contribution >= 4 is 17.6 Å². The molecule has 0 spiro atoms. The minimum absolute atomic E-state index is 0.156. The first kappa shape index (κ1) is 19.6. The molecule has 0 radical (unpaired) electrons. The Hall–Kier alpha value is -3.74. The molecule has 2 aromatic carbocycles. The first-order valence-electron chi connectivity index (χ1n) is 9.82. The molecule has 4 rings (SSSR count). The van der Waals surface area contributed by atoms with Crippen LogP contribution in [0.2, 0.25) is 0 Å². The lowest BCUT2D eigenvalue weighted by Gasteiger charge is -2.34. The summed E-state index contributed by atoms with van der Waals surface area (Å²) in [5, 5.41) is 2.93. The Labute approximate surface area is 174 Å². The molecule has 7 heteroatoms. The van der Waals surface area contributed by atoms with Gasteiger partial charge in [0.2, 0.25) is 0 Å². The van der Waals surface area contributed by atoms with Gasteiger partial charge in [-0.25, -0.2) is 4.79 Å². The number of hydrogen-bond acceptors (Lipinski definition) is 4. The number of hydrogen-bond donors (Lipinski definition) is 1. The molecule has 0 unspecified atom stereocenters. The van der Waals surface area contributed by atoms with E-state index >= 15 is 0 Å². The Morgan fingerprint density at radius 1 is 0.933 bits per heavy atom.